The number of nitrogens with two attached hydrogens (primary N) is 1. The standard InChI is InChI=1S/C10H11ClN4/c11-8-1-3-9(4-2-8)15-10(5-6-12)13-7-14-15/h1-4,7H,5-6,12H2. The molecule has 0 saturated heterocycles. The Bertz CT molecular complexity index is 435. The van der Waals surface area contributed by atoms with E-state index >= 15 is 0 Å². The maximum Gasteiger partial charge on any atom is 0.138 e. The maximum absolute atomic E-state index is 5.81. The van der Waals surface area contributed by atoms with Crippen LogP contribution in [0, 0.1) is 0 Å². The van der Waals surface area contributed by atoms with Crippen molar-refractivity contribution in [2.75, 3.05) is 6.54 Å². The first kappa shape index (κ1) is 10.1. The average Bonchev–Trinajstić information content (AvgIpc) is 2.68. The fourth-order valence-corrected chi connectivity index (χ4v) is 1.49. The molecule has 0 saturated carbocycles. The van der Waals surface area contributed by atoms with Crippen molar-refractivity contribution in [3.63, 3.8) is 0 Å². The molecule has 0 bridgehead atoms. The molecule has 0 atom stereocenters. The molecule has 0 fully saturated rings. The number of benzene rings is 1. The van der Waals surface area contributed by atoms with Gasteiger partial charge < -0.3 is 5.73 Å². The zero-order valence-electron chi connectivity index (χ0n) is 8.10. The summed E-state index contributed by atoms with van der Waals surface area (Å²) in [4.78, 5) is 4.14. The van der Waals surface area contributed by atoms with E-state index in [1.165, 1.54) is 6.33 Å². The quantitative estimate of drug-likeness (QED) is 0.855. The van der Waals surface area contributed by atoms with Crippen LogP contribution in [0.25, 0.3) is 5.69 Å². The Morgan fingerprint density at radius 1 is 1.27 bits per heavy atom. The molecule has 2 N–H and O–H groups in total. The first-order valence-corrected chi connectivity index (χ1v) is 5.04. The topological polar surface area (TPSA) is 56.7 Å². The minimum Gasteiger partial charge on any atom is -0.330 e. The monoisotopic (exact) mass is 222 g/mol. The number of rotatable bonds is 3. The van der Waals surface area contributed by atoms with Gasteiger partial charge in [-0.15, -0.1) is 0 Å². The third kappa shape index (κ3) is 2.16. The number of nitrogens with zero attached hydrogens (tertiary/aromatic N) is 3. The molecule has 2 rings (SSSR count). The molecule has 0 unspecified atom stereocenters. The van der Waals surface area contributed by atoms with E-state index < -0.39 is 0 Å². The predicted molar refractivity (Wildman–Crippen MR) is 59.1 cm³/mol. The lowest BCUT2D eigenvalue weighted by Gasteiger charge is -2.04. The van der Waals surface area contributed by atoms with Gasteiger partial charge in [-0.1, -0.05) is 11.6 Å². The molecule has 4 nitrogen and oxygen atoms in total. The summed E-state index contributed by atoms with van der Waals surface area (Å²) in [6.07, 6.45) is 2.24. The second kappa shape index (κ2) is 4.42. The Morgan fingerprint density at radius 3 is 2.67 bits per heavy atom. The number of hydrogen-bond donors (Lipinski definition) is 1. The Hall–Kier alpha value is -1.39. The third-order valence-electron chi connectivity index (χ3n) is 2.06. The minimum absolute atomic E-state index is 0.562. The molecule has 5 heteroatoms. The third-order valence-corrected chi connectivity index (χ3v) is 2.31. The lowest BCUT2D eigenvalue weighted by molar-refractivity contribution is 0.776. The maximum atomic E-state index is 5.81. The SMILES string of the molecule is NCCc1ncnn1-c1ccc(Cl)cc1. The molecule has 0 aliphatic rings. The van der Waals surface area contributed by atoms with Crippen molar-refractivity contribution in [1.82, 2.24) is 14.8 Å². The van der Waals surface area contributed by atoms with Crippen LogP contribution in [0.5, 0.6) is 0 Å². The molecule has 15 heavy (non-hydrogen) atoms. The van der Waals surface area contributed by atoms with Crippen LogP contribution >= 0.6 is 11.6 Å². The fourth-order valence-electron chi connectivity index (χ4n) is 1.36. The summed E-state index contributed by atoms with van der Waals surface area (Å²) in [5, 5.41) is 4.85. The van der Waals surface area contributed by atoms with E-state index in [1.54, 1.807) is 4.68 Å². The van der Waals surface area contributed by atoms with E-state index in [0.717, 1.165) is 11.5 Å². The van der Waals surface area contributed by atoms with Crippen molar-refractivity contribution in [2.24, 2.45) is 5.73 Å². The van der Waals surface area contributed by atoms with E-state index in [2.05, 4.69) is 10.1 Å². The predicted octanol–water partition coefficient (Wildman–Crippen LogP) is 1.42. The van der Waals surface area contributed by atoms with Gasteiger partial charge in [0, 0.05) is 11.4 Å². The zero-order valence-corrected chi connectivity index (χ0v) is 8.85. The molecule has 1 aromatic heterocycles. The van der Waals surface area contributed by atoms with Gasteiger partial charge in [0.25, 0.3) is 0 Å². The minimum atomic E-state index is 0.562. The highest BCUT2D eigenvalue weighted by Gasteiger charge is 2.04. The van der Waals surface area contributed by atoms with Gasteiger partial charge in [0.2, 0.25) is 0 Å². The molecular weight excluding hydrogens is 212 g/mol. The summed E-state index contributed by atoms with van der Waals surface area (Å²) in [6.45, 7) is 0.562. The molecule has 0 spiro atoms. The summed E-state index contributed by atoms with van der Waals surface area (Å²) in [7, 11) is 0. The van der Waals surface area contributed by atoms with Crippen molar-refractivity contribution in [1.29, 1.82) is 0 Å². The zero-order chi connectivity index (χ0) is 10.7. The van der Waals surface area contributed by atoms with Crippen molar-refractivity contribution >= 4 is 11.6 Å². The Morgan fingerprint density at radius 2 is 2.00 bits per heavy atom. The molecule has 0 amide bonds. The largest absolute Gasteiger partial charge is 0.330 e. The lowest BCUT2D eigenvalue weighted by Crippen LogP contribution is -2.09. The van der Waals surface area contributed by atoms with Crippen LogP contribution in [-0.2, 0) is 6.42 Å². The van der Waals surface area contributed by atoms with Crippen molar-refractivity contribution in [2.45, 2.75) is 6.42 Å². The highest BCUT2D eigenvalue weighted by atomic mass is 35.5. The van der Waals surface area contributed by atoms with Gasteiger partial charge in [-0.3, -0.25) is 0 Å². The molecule has 2 aromatic rings. The second-order valence-electron chi connectivity index (χ2n) is 3.10. The first-order valence-electron chi connectivity index (χ1n) is 4.66. The van der Waals surface area contributed by atoms with Crippen molar-refractivity contribution in [3.05, 3.63) is 41.4 Å². The molecular formula is C10H11ClN4. The summed E-state index contributed by atoms with van der Waals surface area (Å²) < 4.78 is 1.77. The van der Waals surface area contributed by atoms with Crippen LogP contribution in [0.1, 0.15) is 5.82 Å². The number of hydrogen-bond acceptors (Lipinski definition) is 3. The summed E-state index contributed by atoms with van der Waals surface area (Å²) in [5.41, 5.74) is 6.43. The van der Waals surface area contributed by atoms with Gasteiger partial charge in [-0.05, 0) is 30.8 Å². The highest BCUT2D eigenvalue weighted by molar-refractivity contribution is 6.30. The number of aromatic nitrogens is 3. The molecule has 1 aromatic carbocycles. The smallest absolute Gasteiger partial charge is 0.138 e. The highest BCUT2D eigenvalue weighted by Crippen LogP contribution is 2.13. The van der Waals surface area contributed by atoms with E-state index in [1.807, 2.05) is 24.3 Å². The van der Waals surface area contributed by atoms with E-state index in [-0.39, 0.29) is 0 Å². The van der Waals surface area contributed by atoms with Crippen LogP contribution in [0.15, 0.2) is 30.6 Å². The first-order chi connectivity index (χ1) is 7.31. The van der Waals surface area contributed by atoms with Crippen LogP contribution in [0.3, 0.4) is 0 Å². The second-order valence-corrected chi connectivity index (χ2v) is 3.54. The van der Waals surface area contributed by atoms with E-state index in [0.29, 0.717) is 18.0 Å². The van der Waals surface area contributed by atoms with Gasteiger partial charge in [0.1, 0.15) is 12.2 Å². The van der Waals surface area contributed by atoms with Crippen LogP contribution in [0.4, 0.5) is 0 Å². The van der Waals surface area contributed by atoms with Gasteiger partial charge in [-0.25, -0.2) is 9.67 Å². The van der Waals surface area contributed by atoms with Crippen molar-refractivity contribution in [3.8, 4) is 5.69 Å². The normalized spacial score (nSPS) is 10.5. The Kier molecular flexibility index (Phi) is 2.99. The summed E-state index contributed by atoms with van der Waals surface area (Å²) >= 11 is 5.81. The van der Waals surface area contributed by atoms with Crippen molar-refractivity contribution < 1.29 is 0 Å². The van der Waals surface area contributed by atoms with Gasteiger partial charge in [0.05, 0.1) is 5.69 Å². The van der Waals surface area contributed by atoms with Gasteiger partial charge in [-0.2, -0.15) is 5.10 Å². The van der Waals surface area contributed by atoms with Crippen LogP contribution in [-0.4, -0.2) is 21.3 Å². The Balaban J connectivity index is 2.36. The molecule has 0 radical (unpaired) electrons. The Labute approximate surface area is 92.7 Å². The molecule has 78 valence electrons. The molecule has 1 heterocycles. The summed E-state index contributed by atoms with van der Waals surface area (Å²) in [6, 6.07) is 7.45. The van der Waals surface area contributed by atoms with Gasteiger partial charge in [0.15, 0.2) is 0 Å². The van der Waals surface area contributed by atoms with Crippen LogP contribution in [0.2, 0.25) is 5.02 Å². The molecule has 0 aliphatic carbocycles. The number of halogens is 1. The average molecular weight is 223 g/mol. The summed E-state index contributed by atoms with van der Waals surface area (Å²) in [5.74, 6) is 0.861. The van der Waals surface area contributed by atoms with E-state index in [4.69, 9.17) is 17.3 Å². The van der Waals surface area contributed by atoms with Crippen LogP contribution < -0.4 is 5.73 Å². The fraction of sp³-hybridized carbons (Fsp3) is 0.200. The van der Waals surface area contributed by atoms with Gasteiger partial charge >= 0.3 is 0 Å². The molecule has 0 aliphatic heterocycles. The van der Waals surface area contributed by atoms with E-state index in [9.17, 15) is 0 Å². The lowest BCUT2D eigenvalue weighted by atomic mass is 10.3.